The van der Waals surface area contributed by atoms with E-state index in [1.54, 1.807) is 0 Å². The summed E-state index contributed by atoms with van der Waals surface area (Å²) in [7, 11) is 0. The normalized spacial score (nSPS) is 16.0. The van der Waals surface area contributed by atoms with E-state index in [4.69, 9.17) is 11.6 Å². The van der Waals surface area contributed by atoms with Crippen molar-refractivity contribution in [1.82, 2.24) is 9.97 Å². The zero-order chi connectivity index (χ0) is 13.8. The predicted molar refractivity (Wildman–Crippen MR) is 78.7 cm³/mol. The summed E-state index contributed by atoms with van der Waals surface area (Å²) in [6.07, 6.45) is 5.04. The van der Waals surface area contributed by atoms with Crippen LogP contribution in [0.1, 0.15) is 39.5 Å². The molecular weight excluding hydrogens is 240 g/mol. The first-order valence-electron chi connectivity index (χ1n) is 6.98. The molecule has 2 rings (SSSR count). The molecule has 0 aromatic carbocycles. The van der Waals surface area contributed by atoms with Gasteiger partial charge < -0.3 is 16.1 Å². The summed E-state index contributed by atoms with van der Waals surface area (Å²) in [5.41, 5.74) is 8.31. The molecule has 6 heteroatoms. The highest BCUT2D eigenvalue weighted by atomic mass is 15.3. The van der Waals surface area contributed by atoms with Gasteiger partial charge in [0.15, 0.2) is 0 Å². The molecule has 1 aromatic rings. The average Bonchev–Trinajstić information content (AvgIpc) is 2.88. The molecule has 0 atom stereocenters. The fraction of sp³-hybridized carbons (Fsp3) is 0.692. The van der Waals surface area contributed by atoms with Crippen LogP contribution in [0, 0.1) is 5.92 Å². The van der Waals surface area contributed by atoms with Crippen LogP contribution in [-0.4, -0.2) is 22.6 Å². The monoisotopic (exact) mass is 264 g/mol. The molecule has 106 valence electrons. The zero-order valence-corrected chi connectivity index (χ0v) is 11.8. The minimum Gasteiger partial charge on any atom is -0.368 e. The van der Waals surface area contributed by atoms with E-state index in [9.17, 15) is 0 Å². The van der Waals surface area contributed by atoms with Gasteiger partial charge in [0.1, 0.15) is 11.6 Å². The molecule has 0 spiro atoms. The number of rotatable bonds is 5. The second-order valence-electron chi connectivity index (χ2n) is 5.60. The largest absolute Gasteiger partial charge is 0.368 e. The topological polar surface area (TPSA) is 93.1 Å². The second kappa shape index (κ2) is 6.06. The van der Waals surface area contributed by atoms with Gasteiger partial charge in [0.2, 0.25) is 5.95 Å². The van der Waals surface area contributed by atoms with E-state index in [2.05, 4.69) is 34.1 Å². The van der Waals surface area contributed by atoms with E-state index in [1.807, 2.05) is 6.07 Å². The highest BCUT2D eigenvalue weighted by Gasteiger charge is 2.25. The number of nitrogens with two attached hydrogens (primary N) is 2. The van der Waals surface area contributed by atoms with Crippen molar-refractivity contribution in [3.63, 3.8) is 0 Å². The molecule has 0 unspecified atom stereocenters. The van der Waals surface area contributed by atoms with Crippen molar-refractivity contribution in [1.29, 1.82) is 0 Å². The highest BCUT2D eigenvalue weighted by molar-refractivity contribution is 5.52. The van der Waals surface area contributed by atoms with E-state index < -0.39 is 0 Å². The van der Waals surface area contributed by atoms with Gasteiger partial charge in [-0.05, 0) is 18.8 Å². The Hall–Kier alpha value is -1.56. The van der Waals surface area contributed by atoms with Crippen LogP contribution in [0.4, 0.5) is 17.6 Å². The maximum Gasteiger partial charge on any atom is 0.223 e. The summed E-state index contributed by atoms with van der Waals surface area (Å²) in [6.45, 7) is 5.41. The lowest BCUT2D eigenvalue weighted by Crippen LogP contribution is -2.37. The fourth-order valence-corrected chi connectivity index (χ4v) is 2.71. The lowest BCUT2D eigenvalue weighted by atomic mass is 10.1. The van der Waals surface area contributed by atoms with E-state index in [0.717, 1.165) is 12.4 Å². The van der Waals surface area contributed by atoms with Crippen molar-refractivity contribution in [3.8, 4) is 0 Å². The summed E-state index contributed by atoms with van der Waals surface area (Å²) in [6, 6.07) is 2.43. The Morgan fingerprint density at radius 3 is 2.63 bits per heavy atom. The quantitative estimate of drug-likeness (QED) is 0.554. The fourth-order valence-electron chi connectivity index (χ4n) is 2.71. The first-order valence-corrected chi connectivity index (χ1v) is 6.98. The molecule has 1 heterocycles. The Morgan fingerprint density at radius 2 is 2.05 bits per heavy atom. The molecule has 0 radical (unpaired) electrons. The molecule has 1 saturated carbocycles. The van der Waals surface area contributed by atoms with Crippen LogP contribution in [0.15, 0.2) is 6.07 Å². The van der Waals surface area contributed by atoms with Gasteiger partial charge in [0.25, 0.3) is 0 Å². The maximum absolute atomic E-state index is 5.76. The number of hydrogen-bond donors (Lipinski definition) is 3. The molecule has 1 fully saturated rings. The number of hydrogen-bond acceptors (Lipinski definition) is 6. The first kappa shape index (κ1) is 13.9. The maximum atomic E-state index is 5.76. The van der Waals surface area contributed by atoms with Gasteiger partial charge in [0.05, 0.1) is 0 Å². The minimum absolute atomic E-state index is 0.261. The Kier molecular flexibility index (Phi) is 4.42. The van der Waals surface area contributed by atoms with Gasteiger partial charge in [-0.1, -0.05) is 26.7 Å². The summed E-state index contributed by atoms with van der Waals surface area (Å²) < 4.78 is 0. The third kappa shape index (κ3) is 3.47. The van der Waals surface area contributed by atoms with E-state index in [0.29, 0.717) is 17.8 Å². The van der Waals surface area contributed by atoms with Crippen molar-refractivity contribution >= 4 is 17.6 Å². The molecule has 0 bridgehead atoms. The third-order valence-electron chi connectivity index (χ3n) is 3.50. The lowest BCUT2D eigenvalue weighted by molar-refractivity contribution is 0.531. The Balaban J connectivity index is 2.28. The van der Waals surface area contributed by atoms with Gasteiger partial charge in [-0.2, -0.15) is 9.97 Å². The van der Waals surface area contributed by atoms with Crippen molar-refractivity contribution in [3.05, 3.63) is 6.07 Å². The van der Waals surface area contributed by atoms with E-state index in [-0.39, 0.29) is 5.95 Å². The minimum atomic E-state index is 0.261. The lowest BCUT2D eigenvalue weighted by Gasteiger charge is -2.31. The van der Waals surface area contributed by atoms with Crippen LogP contribution in [0.2, 0.25) is 0 Å². The van der Waals surface area contributed by atoms with Crippen LogP contribution in [0.3, 0.4) is 0 Å². The van der Waals surface area contributed by atoms with Crippen molar-refractivity contribution in [2.75, 3.05) is 22.6 Å². The van der Waals surface area contributed by atoms with Crippen molar-refractivity contribution in [2.24, 2.45) is 11.8 Å². The van der Waals surface area contributed by atoms with Gasteiger partial charge in [0, 0.05) is 18.7 Å². The molecule has 0 aliphatic heterocycles. The average molecular weight is 264 g/mol. The Bertz CT molecular complexity index is 414. The standard InChI is InChI=1S/C13H24N6/c1-9(2)8-19(10-5-3-4-6-10)12-7-11(18-15)16-13(14)17-12/h7,9-10H,3-6,8,15H2,1-2H3,(H3,14,16,17,18). The van der Waals surface area contributed by atoms with E-state index in [1.165, 1.54) is 25.7 Å². The molecule has 1 aliphatic rings. The summed E-state index contributed by atoms with van der Waals surface area (Å²) in [4.78, 5) is 10.8. The highest BCUT2D eigenvalue weighted by Crippen LogP contribution is 2.29. The Morgan fingerprint density at radius 1 is 1.37 bits per heavy atom. The summed E-state index contributed by atoms with van der Waals surface area (Å²) >= 11 is 0. The van der Waals surface area contributed by atoms with Crippen LogP contribution in [0.5, 0.6) is 0 Å². The first-order chi connectivity index (χ1) is 9.10. The third-order valence-corrected chi connectivity index (χ3v) is 3.50. The molecule has 19 heavy (non-hydrogen) atoms. The SMILES string of the molecule is CC(C)CN(c1cc(NN)nc(N)n1)C1CCCC1. The molecule has 1 aromatic heterocycles. The summed E-state index contributed by atoms with van der Waals surface area (Å²) in [5, 5.41) is 0. The van der Waals surface area contributed by atoms with Gasteiger partial charge in [-0.3, -0.25) is 0 Å². The molecule has 1 aliphatic carbocycles. The predicted octanol–water partition coefficient (Wildman–Crippen LogP) is 1.75. The van der Waals surface area contributed by atoms with Crippen LogP contribution in [-0.2, 0) is 0 Å². The van der Waals surface area contributed by atoms with Gasteiger partial charge >= 0.3 is 0 Å². The van der Waals surface area contributed by atoms with Crippen molar-refractivity contribution in [2.45, 2.75) is 45.6 Å². The number of nitrogens with zero attached hydrogens (tertiary/aromatic N) is 3. The van der Waals surface area contributed by atoms with Gasteiger partial charge in [-0.15, -0.1) is 0 Å². The molecule has 0 amide bonds. The van der Waals surface area contributed by atoms with Crippen LogP contribution in [0.25, 0.3) is 0 Å². The number of aromatic nitrogens is 2. The number of anilines is 3. The number of nitrogen functional groups attached to an aromatic ring is 2. The summed E-state index contributed by atoms with van der Waals surface area (Å²) in [5.74, 6) is 7.70. The van der Waals surface area contributed by atoms with E-state index >= 15 is 0 Å². The molecular formula is C13H24N6. The zero-order valence-electron chi connectivity index (χ0n) is 11.8. The molecule has 5 N–H and O–H groups in total. The second-order valence-corrected chi connectivity index (χ2v) is 5.60. The van der Waals surface area contributed by atoms with Crippen molar-refractivity contribution < 1.29 is 0 Å². The number of hydrazine groups is 1. The van der Waals surface area contributed by atoms with Gasteiger partial charge in [-0.25, -0.2) is 5.84 Å². The van der Waals surface area contributed by atoms with Crippen LogP contribution >= 0.6 is 0 Å². The molecule has 6 nitrogen and oxygen atoms in total. The Labute approximate surface area is 114 Å². The molecule has 0 saturated heterocycles. The smallest absolute Gasteiger partial charge is 0.223 e. The number of nitrogens with one attached hydrogen (secondary N) is 1. The van der Waals surface area contributed by atoms with Crippen LogP contribution < -0.4 is 21.9 Å².